The number of aromatic nitrogens is 1. The number of anilines is 2. The lowest BCUT2D eigenvalue weighted by Crippen LogP contribution is -2.14. The number of nitrogens with zero attached hydrogens (tertiary/aromatic N) is 1. The topological polar surface area (TPSA) is 80.3 Å². The van der Waals surface area contributed by atoms with Crippen LogP contribution >= 0.6 is 0 Å². The van der Waals surface area contributed by atoms with Crippen molar-refractivity contribution >= 4 is 29.4 Å². The minimum absolute atomic E-state index is 0.000180. The first-order chi connectivity index (χ1) is 16.3. The van der Waals surface area contributed by atoms with E-state index >= 15 is 0 Å². The second kappa shape index (κ2) is 9.91. The summed E-state index contributed by atoms with van der Waals surface area (Å²) in [6, 6.07) is 18.7. The second-order valence-corrected chi connectivity index (χ2v) is 9.47. The maximum atomic E-state index is 12.4. The van der Waals surface area contributed by atoms with Gasteiger partial charge in [-0.2, -0.15) is 0 Å². The first-order valence-corrected chi connectivity index (χ1v) is 11.4. The van der Waals surface area contributed by atoms with Crippen molar-refractivity contribution in [3.05, 3.63) is 84.1 Å². The molecule has 34 heavy (non-hydrogen) atoms. The summed E-state index contributed by atoms with van der Waals surface area (Å²) < 4.78 is 5.94. The maximum absolute atomic E-state index is 12.4. The number of pyridine rings is 1. The minimum Gasteiger partial charge on any atom is -0.457 e. The Balaban J connectivity index is 1.38. The summed E-state index contributed by atoms with van der Waals surface area (Å²) in [5.74, 6) is 1.56. The van der Waals surface area contributed by atoms with Gasteiger partial charge >= 0.3 is 0 Å². The van der Waals surface area contributed by atoms with Crippen LogP contribution < -0.4 is 15.4 Å². The van der Waals surface area contributed by atoms with Gasteiger partial charge in [-0.15, -0.1) is 0 Å². The molecule has 2 aromatic carbocycles. The van der Waals surface area contributed by atoms with Crippen LogP contribution in [0.2, 0.25) is 0 Å². The summed E-state index contributed by atoms with van der Waals surface area (Å²) in [5, 5.41) is 5.73. The van der Waals surface area contributed by atoms with Crippen LogP contribution in [0.1, 0.15) is 44.7 Å². The number of rotatable bonds is 7. The van der Waals surface area contributed by atoms with Gasteiger partial charge in [0.25, 0.3) is 0 Å². The number of hydrogen-bond donors (Lipinski definition) is 2. The third kappa shape index (κ3) is 6.54. The van der Waals surface area contributed by atoms with Crippen molar-refractivity contribution in [2.75, 3.05) is 10.6 Å². The Morgan fingerprint density at radius 1 is 0.971 bits per heavy atom. The van der Waals surface area contributed by atoms with E-state index in [0.717, 1.165) is 29.7 Å². The molecule has 174 valence electrons. The molecular weight excluding hydrogens is 426 g/mol. The molecule has 1 aliphatic rings. The van der Waals surface area contributed by atoms with E-state index in [1.54, 1.807) is 24.4 Å². The summed E-state index contributed by atoms with van der Waals surface area (Å²) in [7, 11) is 0. The van der Waals surface area contributed by atoms with Crippen LogP contribution in [-0.4, -0.2) is 16.8 Å². The van der Waals surface area contributed by atoms with Crippen LogP contribution in [0, 0.1) is 5.92 Å². The SMILES string of the molecule is CC(C)(C)c1cccc(NC(=O)/C=C/c2cccc(Oc3ccnc(NC(=O)C4CC4)c3)c2)c1. The standard InChI is InChI=1S/C28H29N3O3/c1-28(2,3)21-7-5-8-22(17-21)30-26(32)13-10-19-6-4-9-23(16-19)34-24-14-15-29-25(18-24)31-27(33)20-11-12-20/h4-10,13-18,20H,11-12H2,1-3H3,(H,30,32)(H,29,31,33)/b13-10+. The molecule has 1 saturated carbocycles. The maximum Gasteiger partial charge on any atom is 0.248 e. The lowest BCUT2D eigenvalue weighted by molar-refractivity contribution is -0.117. The fourth-order valence-electron chi connectivity index (χ4n) is 3.35. The van der Waals surface area contributed by atoms with E-state index in [0.29, 0.717) is 17.3 Å². The largest absolute Gasteiger partial charge is 0.457 e. The Morgan fingerprint density at radius 3 is 2.50 bits per heavy atom. The number of benzene rings is 2. The number of nitrogens with one attached hydrogen (secondary N) is 2. The van der Waals surface area contributed by atoms with Gasteiger partial charge in [0.1, 0.15) is 17.3 Å². The van der Waals surface area contributed by atoms with E-state index in [-0.39, 0.29) is 23.1 Å². The van der Waals surface area contributed by atoms with Crippen molar-refractivity contribution in [2.24, 2.45) is 5.92 Å². The molecule has 0 spiro atoms. The Bertz CT molecular complexity index is 1220. The quantitative estimate of drug-likeness (QED) is 0.417. The Hall–Kier alpha value is -3.93. The number of ether oxygens (including phenoxy) is 1. The normalized spacial score (nSPS) is 13.5. The van der Waals surface area contributed by atoms with Crippen LogP contribution in [0.3, 0.4) is 0 Å². The van der Waals surface area contributed by atoms with Crippen molar-refractivity contribution in [2.45, 2.75) is 39.0 Å². The molecule has 1 aromatic heterocycles. The highest BCUT2D eigenvalue weighted by Gasteiger charge is 2.29. The van der Waals surface area contributed by atoms with E-state index in [1.807, 2.05) is 42.5 Å². The molecule has 0 bridgehead atoms. The molecule has 2 amide bonds. The summed E-state index contributed by atoms with van der Waals surface area (Å²) in [6.45, 7) is 6.42. The van der Waals surface area contributed by atoms with Gasteiger partial charge in [-0.05, 0) is 65.8 Å². The Labute approximate surface area is 200 Å². The van der Waals surface area contributed by atoms with Crippen LogP contribution in [0.4, 0.5) is 11.5 Å². The predicted octanol–water partition coefficient (Wildman–Crippen LogP) is 6.17. The highest BCUT2D eigenvalue weighted by atomic mass is 16.5. The summed E-state index contributed by atoms with van der Waals surface area (Å²) >= 11 is 0. The fourth-order valence-corrected chi connectivity index (χ4v) is 3.35. The van der Waals surface area contributed by atoms with Gasteiger partial charge < -0.3 is 15.4 Å². The van der Waals surface area contributed by atoms with Gasteiger partial charge in [-0.25, -0.2) is 4.98 Å². The van der Waals surface area contributed by atoms with Gasteiger partial charge in [-0.1, -0.05) is 45.0 Å². The average molecular weight is 456 g/mol. The van der Waals surface area contributed by atoms with Crippen LogP contribution in [0.15, 0.2) is 72.9 Å². The van der Waals surface area contributed by atoms with Crippen molar-refractivity contribution in [1.82, 2.24) is 4.98 Å². The zero-order valence-electron chi connectivity index (χ0n) is 19.7. The zero-order chi connectivity index (χ0) is 24.1. The van der Waals surface area contributed by atoms with Crippen LogP contribution in [0.5, 0.6) is 11.5 Å². The van der Waals surface area contributed by atoms with Crippen LogP contribution in [0.25, 0.3) is 6.08 Å². The molecule has 6 nitrogen and oxygen atoms in total. The van der Waals surface area contributed by atoms with Crippen molar-refractivity contribution in [3.8, 4) is 11.5 Å². The molecule has 2 N–H and O–H groups in total. The fraction of sp³-hybridized carbons (Fsp3) is 0.250. The lowest BCUT2D eigenvalue weighted by Gasteiger charge is -2.19. The monoisotopic (exact) mass is 455 g/mol. The smallest absolute Gasteiger partial charge is 0.248 e. The molecule has 0 atom stereocenters. The van der Waals surface area contributed by atoms with E-state index < -0.39 is 0 Å². The molecule has 1 fully saturated rings. The molecule has 0 unspecified atom stereocenters. The molecule has 0 saturated heterocycles. The van der Waals surface area contributed by atoms with E-state index in [1.165, 1.54) is 6.08 Å². The summed E-state index contributed by atoms with van der Waals surface area (Å²) in [5.41, 5.74) is 2.76. The van der Waals surface area contributed by atoms with Crippen molar-refractivity contribution < 1.29 is 14.3 Å². The molecular formula is C28H29N3O3. The Kier molecular flexibility index (Phi) is 6.77. The molecule has 6 heteroatoms. The number of amides is 2. The highest BCUT2D eigenvalue weighted by molar-refractivity contribution is 6.02. The second-order valence-electron chi connectivity index (χ2n) is 9.47. The average Bonchev–Trinajstić information content (AvgIpc) is 3.64. The number of carbonyl (C=O) groups is 2. The third-order valence-corrected chi connectivity index (χ3v) is 5.45. The molecule has 3 aromatic rings. The van der Waals surface area contributed by atoms with Gasteiger partial charge in [-0.3, -0.25) is 9.59 Å². The molecule has 0 aliphatic heterocycles. The third-order valence-electron chi connectivity index (χ3n) is 5.45. The Morgan fingerprint density at radius 2 is 1.74 bits per heavy atom. The molecule has 4 rings (SSSR count). The number of hydrogen-bond acceptors (Lipinski definition) is 4. The lowest BCUT2D eigenvalue weighted by atomic mass is 9.87. The van der Waals surface area contributed by atoms with Crippen molar-refractivity contribution in [1.29, 1.82) is 0 Å². The number of carbonyl (C=O) groups excluding carboxylic acids is 2. The molecule has 1 aliphatic carbocycles. The van der Waals surface area contributed by atoms with E-state index in [4.69, 9.17) is 4.74 Å². The molecule has 0 radical (unpaired) electrons. The minimum atomic E-state index is -0.206. The summed E-state index contributed by atoms with van der Waals surface area (Å²) in [6.07, 6.45) is 6.71. The first kappa shape index (κ1) is 23.2. The predicted molar refractivity (Wildman–Crippen MR) is 135 cm³/mol. The zero-order valence-corrected chi connectivity index (χ0v) is 19.7. The van der Waals surface area contributed by atoms with Gasteiger partial charge in [0.15, 0.2) is 0 Å². The van der Waals surface area contributed by atoms with E-state index in [9.17, 15) is 9.59 Å². The van der Waals surface area contributed by atoms with E-state index in [2.05, 4.69) is 42.5 Å². The first-order valence-electron chi connectivity index (χ1n) is 11.4. The van der Waals surface area contributed by atoms with Gasteiger partial charge in [0.05, 0.1) is 0 Å². The highest BCUT2D eigenvalue weighted by Crippen LogP contribution is 2.31. The van der Waals surface area contributed by atoms with Crippen molar-refractivity contribution in [3.63, 3.8) is 0 Å². The molecule has 1 heterocycles. The van der Waals surface area contributed by atoms with Gasteiger partial charge in [0.2, 0.25) is 11.8 Å². The van der Waals surface area contributed by atoms with Gasteiger partial charge in [0, 0.05) is 29.9 Å². The van der Waals surface area contributed by atoms with Crippen LogP contribution in [-0.2, 0) is 15.0 Å². The summed E-state index contributed by atoms with van der Waals surface area (Å²) in [4.78, 5) is 28.6.